The Hall–Kier alpha value is -1.42. The Balaban J connectivity index is 1.81. The first-order valence-electron chi connectivity index (χ1n) is 4.89. The molecule has 15 heavy (non-hydrogen) atoms. The summed E-state index contributed by atoms with van der Waals surface area (Å²) in [6.07, 6.45) is 4.66. The number of hydrogen-bond acceptors (Lipinski definition) is 4. The van der Waals surface area contributed by atoms with Crippen LogP contribution in [0.5, 0.6) is 0 Å². The molecular weight excluding hydrogens is 206 g/mol. The maximum absolute atomic E-state index is 4.18. The molecule has 0 aliphatic heterocycles. The van der Waals surface area contributed by atoms with Gasteiger partial charge in [-0.3, -0.25) is 0 Å². The molecule has 0 fully saturated rings. The van der Waals surface area contributed by atoms with E-state index < -0.39 is 0 Å². The molecule has 0 aliphatic rings. The molecule has 2 heterocycles. The van der Waals surface area contributed by atoms with Crippen molar-refractivity contribution in [3.8, 4) is 0 Å². The van der Waals surface area contributed by atoms with Crippen molar-refractivity contribution in [3.63, 3.8) is 0 Å². The Bertz CT molecular complexity index is 394. The zero-order valence-corrected chi connectivity index (χ0v) is 9.42. The zero-order valence-electron chi connectivity index (χ0n) is 8.60. The second-order valence-electron chi connectivity index (χ2n) is 3.34. The average molecular weight is 219 g/mol. The van der Waals surface area contributed by atoms with E-state index in [1.165, 1.54) is 4.88 Å². The van der Waals surface area contributed by atoms with Crippen LogP contribution in [0.4, 0.5) is 5.95 Å². The van der Waals surface area contributed by atoms with Crippen molar-refractivity contribution in [2.75, 3.05) is 11.9 Å². The topological polar surface area (TPSA) is 37.8 Å². The van der Waals surface area contributed by atoms with Crippen LogP contribution in [0.1, 0.15) is 10.4 Å². The van der Waals surface area contributed by atoms with E-state index in [1.54, 1.807) is 11.3 Å². The molecule has 0 amide bonds. The fraction of sp³-hybridized carbons (Fsp3) is 0.273. The van der Waals surface area contributed by atoms with Crippen LogP contribution in [0, 0.1) is 6.92 Å². The van der Waals surface area contributed by atoms with Gasteiger partial charge in [0.15, 0.2) is 0 Å². The fourth-order valence-electron chi connectivity index (χ4n) is 1.24. The van der Waals surface area contributed by atoms with Crippen LogP contribution in [-0.4, -0.2) is 16.5 Å². The number of anilines is 1. The van der Waals surface area contributed by atoms with Gasteiger partial charge in [-0.2, -0.15) is 0 Å². The summed E-state index contributed by atoms with van der Waals surface area (Å²) in [6, 6.07) is 4.21. The molecule has 3 nitrogen and oxygen atoms in total. The Morgan fingerprint density at radius 3 is 2.80 bits per heavy atom. The maximum atomic E-state index is 4.18. The lowest BCUT2D eigenvalue weighted by Crippen LogP contribution is -2.06. The van der Waals surface area contributed by atoms with Crippen LogP contribution in [0.3, 0.4) is 0 Å². The summed E-state index contributed by atoms with van der Waals surface area (Å²) in [4.78, 5) is 9.74. The lowest BCUT2D eigenvalue weighted by Gasteiger charge is -2.02. The number of aromatic nitrogens is 2. The number of aryl methyl sites for hydroxylation is 1. The van der Waals surface area contributed by atoms with E-state index in [2.05, 4.69) is 32.8 Å². The normalized spacial score (nSPS) is 10.2. The molecule has 1 N–H and O–H groups in total. The quantitative estimate of drug-likeness (QED) is 0.858. The third-order valence-electron chi connectivity index (χ3n) is 2.02. The summed E-state index contributed by atoms with van der Waals surface area (Å²) >= 11 is 1.78. The summed E-state index contributed by atoms with van der Waals surface area (Å²) in [5, 5.41) is 5.29. The molecule has 0 aromatic carbocycles. The Labute approximate surface area is 93.2 Å². The summed E-state index contributed by atoms with van der Waals surface area (Å²) in [5.74, 6) is 0.706. The van der Waals surface area contributed by atoms with Gasteiger partial charge < -0.3 is 5.32 Å². The lowest BCUT2D eigenvalue weighted by molar-refractivity contribution is 0.995. The fourth-order valence-corrected chi connectivity index (χ4v) is 1.95. The average Bonchev–Trinajstić information content (AvgIpc) is 2.74. The summed E-state index contributed by atoms with van der Waals surface area (Å²) in [7, 11) is 0. The second kappa shape index (κ2) is 4.89. The number of thiophene rings is 1. The maximum Gasteiger partial charge on any atom is 0.222 e. The van der Waals surface area contributed by atoms with Gasteiger partial charge in [0.05, 0.1) is 0 Å². The van der Waals surface area contributed by atoms with Crippen LogP contribution in [0.15, 0.2) is 29.9 Å². The molecule has 0 bridgehead atoms. The molecule has 2 rings (SSSR count). The molecule has 0 spiro atoms. The molecule has 0 unspecified atom stereocenters. The molecule has 0 saturated carbocycles. The Kier molecular flexibility index (Phi) is 3.29. The van der Waals surface area contributed by atoms with E-state index in [0.717, 1.165) is 18.5 Å². The van der Waals surface area contributed by atoms with Crippen molar-refractivity contribution in [2.45, 2.75) is 13.3 Å². The minimum Gasteiger partial charge on any atom is -0.354 e. The van der Waals surface area contributed by atoms with Crippen molar-refractivity contribution in [2.24, 2.45) is 0 Å². The van der Waals surface area contributed by atoms with E-state index in [9.17, 15) is 0 Å². The lowest BCUT2D eigenvalue weighted by atomic mass is 10.3. The second-order valence-corrected chi connectivity index (χ2v) is 4.37. The van der Waals surface area contributed by atoms with Crippen molar-refractivity contribution in [1.29, 1.82) is 0 Å². The highest BCUT2D eigenvalue weighted by atomic mass is 32.1. The van der Waals surface area contributed by atoms with Gasteiger partial charge in [0, 0.05) is 23.8 Å². The largest absolute Gasteiger partial charge is 0.354 e. The number of nitrogens with zero attached hydrogens (tertiary/aromatic N) is 2. The zero-order chi connectivity index (χ0) is 10.5. The number of rotatable bonds is 4. The van der Waals surface area contributed by atoms with E-state index >= 15 is 0 Å². The monoisotopic (exact) mass is 219 g/mol. The SMILES string of the molecule is Cc1cnc(NCCc2cccs2)nc1. The van der Waals surface area contributed by atoms with Gasteiger partial charge in [-0.25, -0.2) is 9.97 Å². The molecule has 0 radical (unpaired) electrons. The van der Waals surface area contributed by atoms with Crippen LogP contribution in [0.25, 0.3) is 0 Å². The van der Waals surface area contributed by atoms with E-state index in [-0.39, 0.29) is 0 Å². The van der Waals surface area contributed by atoms with Crippen LogP contribution < -0.4 is 5.32 Å². The molecule has 78 valence electrons. The van der Waals surface area contributed by atoms with Crippen molar-refractivity contribution >= 4 is 17.3 Å². The first kappa shape index (κ1) is 10.1. The minimum absolute atomic E-state index is 0.706. The first-order valence-corrected chi connectivity index (χ1v) is 5.77. The third kappa shape index (κ3) is 3.02. The summed E-state index contributed by atoms with van der Waals surface area (Å²) in [6.45, 7) is 2.86. The predicted octanol–water partition coefficient (Wildman–Crippen LogP) is 2.50. The van der Waals surface area contributed by atoms with Gasteiger partial charge in [0.1, 0.15) is 0 Å². The Morgan fingerprint density at radius 2 is 2.13 bits per heavy atom. The van der Waals surface area contributed by atoms with Crippen molar-refractivity contribution < 1.29 is 0 Å². The summed E-state index contributed by atoms with van der Waals surface area (Å²) < 4.78 is 0. The van der Waals surface area contributed by atoms with Gasteiger partial charge in [-0.05, 0) is 30.4 Å². The van der Waals surface area contributed by atoms with E-state index in [4.69, 9.17) is 0 Å². The van der Waals surface area contributed by atoms with E-state index in [1.807, 2.05) is 19.3 Å². The molecule has 0 saturated heterocycles. The molecule has 4 heteroatoms. The van der Waals surface area contributed by atoms with Gasteiger partial charge in [-0.15, -0.1) is 11.3 Å². The summed E-state index contributed by atoms with van der Waals surface area (Å²) in [5.41, 5.74) is 1.08. The van der Waals surface area contributed by atoms with Crippen LogP contribution >= 0.6 is 11.3 Å². The molecule has 2 aromatic rings. The highest BCUT2D eigenvalue weighted by molar-refractivity contribution is 7.09. The first-order chi connectivity index (χ1) is 7.34. The van der Waals surface area contributed by atoms with Gasteiger partial charge in [0.2, 0.25) is 5.95 Å². The molecule has 0 aliphatic carbocycles. The molecule has 2 aromatic heterocycles. The van der Waals surface area contributed by atoms with Gasteiger partial charge >= 0.3 is 0 Å². The van der Waals surface area contributed by atoms with Gasteiger partial charge in [0.25, 0.3) is 0 Å². The number of nitrogens with one attached hydrogen (secondary N) is 1. The minimum atomic E-state index is 0.706. The number of hydrogen-bond donors (Lipinski definition) is 1. The van der Waals surface area contributed by atoms with Crippen LogP contribution in [0.2, 0.25) is 0 Å². The highest BCUT2D eigenvalue weighted by Gasteiger charge is 1.96. The molecule has 0 atom stereocenters. The van der Waals surface area contributed by atoms with Crippen LogP contribution in [-0.2, 0) is 6.42 Å². The standard InChI is InChI=1S/C11H13N3S/c1-9-7-13-11(14-8-9)12-5-4-10-3-2-6-15-10/h2-3,6-8H,4-5H2,1H3,(H,12,13,14). The van der Waals surface area contributed by atoms with Crippen molar-refractivity contribution in [1.82, 2.24) is 9.97 Å². The third-order valence-corrected chi connectivity index (χ3v) is 2.95. The Morgan fingerprint density at radius 1 is 1.33 bits per heavy atom. The molecular formula is C11H13N3S. The highest BCUT2D eigenvalue weighted by Crippen LogP contribution is 2.09. The van der Waals surface area contributed by atoms with Gasteiger partial charge in [-0.1, -0.05) is 6.07 Å². The van der Waals surface area contributed by atoms with E-state index in [0.29, 0.717) is 5.95 Å². The van der Waals surface area contributed by atoms with Crippen molar-refractivity contribution in [3.05, 3.63) is 40.3 Å². The predicted molar refractivity (Wildman–Crippen MR) is 63.3 cm³/mol. The smallest absolute Gasteiger partial charge is 0.222 e.